The zero-order valence-electron chi connectivity index (χ0n) is 9.72. The van der Waals surface area contributed by atoms with Gasteiger partial charge in [0.25, 0.3) is 0 Å². The van der Waals surface area contributed by atoms with Gasteiger partial charge in [-0.25, -0.2) is 12.8 Å². The normalized spacial score (nSPS) is 11.3. The molecule has 5 heteroatoms. The molecule has 19 heavy (non-hydrogen) atoms. The molecule has 2 nitrogen and oxygen atoms in total. The molecule has 2 aromatic rings. The highest BCUT2D eigenvalue weighted by atomic mass is 35.5. The van der Waals surface area contributed by atoms with Crippen LogP contribution in [-0.4, -0.2) is 8.42 Å². The average Bonchev–Trinajstić information content (AvgIpc) is 2.38. The quantitative estimate of drug-likeness (QED) is 0.693. The maximum atomic E-state index is 12.8. The molecule has 0 aromatic heterocycles. The third kappa shape index (κ3) is 3.66. The van der Waals surface area contributed by atoms with Gasteiger partial charge < -0.3 is 0 Å². The van der Waals surface area contributed by atoms with Gasteiger partial charge in [-0.1, -0.05) is 35.9 Å². The van der Waals surface area contributed by atoms with E-state index in [1.165, 1.54) is 24.3 Å². The smallest absolute Gasteiger partial charge is 0.168 e. The number of halogens is 2. The molecule has 0 aliphatic heterocycles. The summed E-state index contributed by atoms with van der Waals surface area (Å²) in [5.74, 6) is -0.316. The fraction of sp³-hybridized carbons (Fsp3) is 0. The van der Waals surface area contributed by atoms with Crippen LogP contribution in [0.25, 0.3) is 12.2 Å². The molecule has 0 radical (unpaired) electrons. The van der Waals surface area contributed by atoms with E-state index in [9.17, 15) is 12.8 Å². The first-order chi connectivity index (χ1) is 9.06. The zero-order chi connectivity index (χ0) is 13.8. The number of hydrogen-bond acceptors (Lipinski definition) is 2. The van der Waals surface area contributed by atoms with Gasteiger partial charge in [0.1, 0.15) is 5.82 Å². The Hall–Kier alpha value is -1.65. The van der Waals surface area contributed by atoms with Crippen LogP contribution in [0, 0.1) is 5.82 Å². The van der Waals surface area contributed by atoms with Crippen LogP contribution in [0.1, 0.15) is 11.1 Å². The summed E-state index contributed by atoms with van der Waals surface area (Å²) in [5, 5.41) is 0.458. The van der Waals surface area contributed by atoms with Crippen LogP contribution in [0.15, 0.2) is 47.4 Å². The fourth-order valence-corrected chi connectivity index (χ4v) is 2.31. The monoisotopic (exact) mass is 296 g/mol. The molecule has 98 valence electrons. The van der Waals surface area contributed by atoms with Gasteiger partial charge >= 0.3 is 0 Å². The van der Waals surface area contributed by atoms with E-state index in [0.29, 0.717) is 10.6 Å². The van der Waals surface area contributed by atoms with Gasteiger partial charge in [-0.2, -0.15) is 0 Å². The first-order valence-corrected chi connectivity index (χ1v) is 6.99. The molecule has 2 aromatic carbocycles. The molecule has 0 heterocycles. The first-order valence-electron chi connectivity index (χ1n) is 5.44. The molecule has 0 saturated carbocycles. The molecule has 0 amide bonds. The molecule has 0 aliphatic carbocycles. The van der Waals surface area contributed by atoms with Crippen LogP contribution in [-0.2, 0) is 10.7 Å². The SMILES string of the molecule is O=[SH](=O)c1ccc(Cl)cc1C=Cc1ccc(F)cc1. The van der Waals surface area contributed by atoms with Gasteiger partial charge in [0.15, 0.2) is 10.7 Å². The Morgan fingerprint density at radius 1 is 1.00 bits per heavy atom. The van der Waals surface area contributed by atoms with Gasteiger partial charge in [-0.05, 0) is 41.5 Å². The van der Waals surface area contributed by atoms with Gasteiger partial charge in [0, 0.05) is 5.02 Å². The summed E-state index contributed by atoms with van der Waals surface area (Å²) in [5.41, 5.74) is 1.28. The van der Waals surface area contributed by atoms with E-state index in [4.69, 9.17) is 11.6 Å². The number of benzene rings is 2. The van der Waals surface area contributed by atoms with E-state index in [-0.39, 0.29) is 10.7 Å². The van der Waals surface area contributed by atoms with Crippen LogP contribution in [0.2, 0.25) is 5.02 Å². The Morgan fingerprint density at radius 3 is 2.32 bits per heavy atom. The predicted octanol–water partition coefficient (Wildman–Crippen LogP) is 3.62. The van der Waals surface area contributed by atoms with E-state index in [1.54, 1.807) is 30.4 Å². The third-order valence-electron chi connectivity index (χ3n) is 2.51. The van der Waals surface area contributed by atoms with Crippen molar-refractivity contribution in [2.45, 2.75) is 4.90 Å². The molecular formula is C14H10ClFO2S. The first kappa shape index (κ1) is 13.8. The van der Waals surface area contributed by atoms with Crippen molar-refractivity contribution in [1.29, 1.82) is 0 Å². The lowest BCUT2D eigenvalue weighted by molar-refractivity contribution is 0.614. The van der Waals surface area contributed by atoms with Crippen LogP contribution in [0.3, 0.4) is 0 Å². The number of rotatable bonds is 3. The van der Waals surface area contributed by atoms with Crippen LogP contribution in [0.4, 0.5) is 4.39 Å². The lowest BCUT2D eigenvalue weighted by Gasteiger charge is -2.00. The second-order valence-electron chi connectivity index (χ2n) is 3.85. The molecule has 0 atom stereocenters. The Bertz CT molecular complexity index is 683. The molecule has 0 unspecified atom stereocenters. The highest BCUT2D eigenvalue weighted by Crippen LogP contribution is 2.20. The van der Waals surface area contributed by atoms with Gasteiger partial charge in [-0.15, -0.1) is 0 Å². The van der Waals surface area contributed by atoms with Gasteiger partial charge in [0.05, 0.1) is 4.90 Å². The van der Waals surface area contributed by atoms with E-state index in [0.717, 1.165) is 5.56 Å². The van der Waals surface area contributed by atoms with Crippen molar-refractivity contribution in [3.8, 4) is 0 Å². The standard InChI is InChI=1S/C14H10ClFO2S/c15-12-5-8-14(19(17)18)11(9-12)4-1-10-2-6-13(16)7-3-10/h1-9,19H. The Kier molecular flexibility index (Phi) is 4.35. The van der Waals surface area contributed by atoms with Gasteiger partial charge in [-0.3, -0.25) is 0 Å². The molecular weight excluding hydrogens is 287 g/mol. The fourth-order valence-electron chi connectivity index (χ4n) is 1.59. The molecule has 0 saturated heterocycles. The minimum atomic E-state index is -2.68. The summed E-state index contributed by atoms with van der Waals surface area (Å²) >= 11 is 5.84. The van der Waals surface area contributed by atoms with Crippen molar-refractivity contribution in [3.05, 3.63) is 64.4 Å². The van der Waals surface area contributed by atoms with E-state index in [2.05, 4.69) is 0 Å². The summed E-state index contributed by atoms with van der Waals surface area (Å²) in [6.07, 6.45) is 3.34. The second-order valence-corrected chi connectivity index (χ2v) is 5.28. The third-order valence-corrected chi connectivity index (χ3v) is 3.55. The second kappa shape index (κ2) is 5.99. The number of hydrogen-bond donors (Lipinski definition) is 1. The van der Waals surface area contributed by atoms with Crippen molar-refractivity contribution in [2.24, 2.45) is 0 Å². The minimum Gasteiger partial charge on any atom is -0.227 e. The Morgan fingerprint density at radius 2 is 1.68 bits per heavy atom. The van der Waals surface area contributed by atoms with Crippen molar-refractivity contribution in [2.75, 3.05) is 0 Å². The molecule has 0 aliphatic rings. The summed E-state index contributed by atoms with van der Waals surface area (Å²) in [7, 11) is -2.68. The van der Waals surface area contributed by atoms with E-state index < -0.39 is 10.7 Å². The average molecular weight is 297 g/mol. The van der Waals surface area contributed by atoms with Crippen LogP contribution >= 0.6 is 11.6 Å². The van der Waals surface area contributed by atoms with E-state index in [1.807, 2.05) is 0 Å². The highest BCUT2D eigenvalue weighted by molar-refractivity contribution is 7.72. The Balaban J connectivity index is 2.37. The molecule has 0 fully saturated rings. The summed E-state index contributed by atoms with van der Waals surface area (Å²) in [6.45, 7) is 0. The Labute approximate surface area is 117 Å². The van der Waals surface area contributed by atoms with Crippen molar-refractivity contribution >= 4 is 34.5 Å². The predicted molar refractivity (Wildman–Crippen MR) is 75.4 cm³/mol. The van der Waals surface area contributed by atoms with Crippen LogP contribution in [0.5, 0.6) is 0 Å². The van der Waals surface area contributed by atoms with Crippen molar-refractivity contribution in [1.82, 2.24) is 0 Å². The molecule has 0 N–H and O–H groups in total. The molecule has 2 rings (SSSR count). The largest absolute Gasteiger partial charge is 0.227 e. The molecule has 0 bridgehead atoms. The summed E-state index contributed by atoms with van der Waals surface area (Å²) < 4.78 is 35.0. The maximum Gasteiger partial charge on any atom is 0.168 e. The summed E-state index contributed by atoms with van der Waals surface area (Å²) in [6, 6.07) is 10.4. The lowest BCUT2D eigenvalue weighted by atomic mass is 10.1. The van der Waals surface area contributed by atoms with E-state index >= 15 is 0 Å². The maximum absolute atomic E-state index is 12.8. The minimum absolute atomic E-state index is 0.206. The van der Waals surface area contributed by atoms with Crippen molar-refractivity contribution in [3.63, 3.8) is 0 Å². The van der Waals surface area contributed by atoms with Crippen molar-refractivity contribution < 1.29 is 12.8 Å². The zero-order valence-corrected chi connectivity index (χ0v) is 11.4. The molecule has 0 spiro atoms. The topological polar surface area (TPSA) is 34.1 Å². The number of thiol groups is 1. The van der Waals surface area contributed by atoms with Gasteiger partial charge in [0.2, 0.25) is 0 Å². The highest BCUT2D eigenvalue weighted by Gasteiger charge is 2.02. The lowest BCUT2D eigenvalue weighted by Crippen LogP contribution is -1.86. The summed E-state index contributed by atoms with van der Waals surface area (Å²) in [4.78, 5) is 0.206. The van der Waals surface area contributed by atoms with Crippen LogP contribution < -0.4 is 0 Å².